The SMILES string of the molecule is C=C(C(=O)NC(=O)O)C(C)CC(C)O. The van der Waals surface area contributed by atoms with Gasteiger partial charge in [0.05, 0.1) is 6.10 Å². The summed E-state index contributed by atoms with van der Waals surface area (Å²) in [6.07, 6.45) is -1.56. The van der Waals surface area contributed by atoms with Crippen molar-refractivity contribution >= 4 is 12.0 Å². The molecule has 0 rings (SSSR count). The molecule has 0 aliphatic carbocycles. The molecule has 0 heterocycles. The molecular weight excluding hydrogens is 186 g/mol. The first-order valence-electron chi connectivity index (χ1n) is 4.25. The molecule has 14 heavy (non-hydrogen) atoms. The fourth-order valence-corrected chi connectivity index (χ4v) is 1.06. The lowest BCUT2D eigenvalue weighted by Gasteiger charge is -2.14. The van der Waals surface area contributed by atoms with Crippen LogP contribution in [0.5, 0.6) is 0 Å². The molecule has 0 aromatic heterocycles. The van der Waals surface area contributed by atoms with Crippen LogP contribution in [0, 0.1) is 5.92 Å². The van der Waals surface area contributed by atoms with E-state index in [1.165, 1.54) is 0 Å². The zero-order valence-corrected chi connectivity index (χ0v) is 8.28. The number of carboxylic acid groups (broad SMARTS) is 1. The van der Waals surface area contributed by atoms with Gasteiger partial charge < -0.3 is 10.2 Å². The Balaban J connectivity index is 4.18. The van der Waals surface area contributed by atoms with Gasteiger partial charge >= 0.3 is 6.09 Å². The molecule has 0 aliphatic heterocycles. The molecule has 3 N–H and O–H groups in total. The number of carbonyl (C=O) groups is 2. The minimum atomic E-state index is -1.40. The van der Waals surface area contributed by atoms with E-state index in [9.17, 15) is 9.59 Å². The van der Waals surface area contributed by atoms with E-state index in [0.717, 1.165) is 0 Å². The number of hydrogen-bond acceptors (Lipinski definition) is 3. The third-order valence-electron chi connectivity index (χ3n) is 1.80. The van der Waals surface area contributed by atoms with Crippen molar-refractivity contribution in [2.24, 2.45) is 5.92 Å². The number of imide groups is 1. The van der Waals surface area contributed by atoms with Crippen molar-refractivity contribution in [1.29, 1.82) is 0 Å². The molecule has 2 atom stereocenters. The highest BCUT2D eigenvalue weighted by atomic mass is 16.4. The van der Waals surface area contributed by atoms with Crippen LogP contribution in [0.4, 0.5) is 4.79 Å². The molecule has 0 saturated carbocycles. The average Bonchev–Trinajstić information content (AvgIpc) is 2.00. The molecule has 0 spiro atoms. The van der Waals surface area contributed by atoms with Gasteiger partial charge in [-0.25, -0.2) is 4.79 Å². The van der Waals surface area contributed by atoms with E-state index in [0.29, 0.717) is 6.42 Å². The maximum Gasteiger partial charge on any atom is 0.411 e. The van der Waals surface area contributed by atoms with E-state index in [1.807, 2.05) is 0 Å². The van der Waals surface area contributed by atoms with Crippen LogP contribution in [0.3, 0.4) is 0 Å². The Bertz CT molecular complexity index is 247. The Morgan fingerprint density at radius 2 is 1.93 bits per heavy atom. The predicted molar refractivity (Wildman–Crippen MR) is 50.8 cm³/mol. The van der Waals surface area contributed by atoms with E-state index >= 15 is 0 Å². The van der Waals surface area contributed by atoms with Gasteiger partial charge in [-0.2, -0.15) is 0 Å². The first kappa shape index (κ1) is 12.6. The molecule has 0 fully saturated rings. The molecule has 0 aromatic carbocycles. The van der Waals surface area contributed by atoms with Gasteiger partial charge in [0.2, 0.25) is 0 Å². The van der Waals surface area contributed by atoms with Crippen LogP contribution in [0.1, 0.15) is 20.3 Å². The van der Waals surface area contributed by atoms with E-state index in [-0.39, 0.29) is 11.5 Å². The summed E-state index contributed by atoms with van der Waals surface area (Å²) in [4.78, 5) is 21.2. The third kappa shape index (κ3) is 4.61. The third-order valence-corrected chi connectivity index (χ3v) is 1.80. The van der Waals surface area contributed by atoms with Crippen molar-refractivity contribution in [2.75, 3.05) is 0 Å². The van der Waals surface area contributed by atoms with Crippen LogP contribution in [-0.2, 0) is 4.79 Å². The van der Waals surface area contributed by atoms with Gasteiger partial charge in [0.1, 0.15) is 0 Å². The molecule has 2 amide bonds. The summed E-state index contributed by atoms with van der Waals surface area (Å²) < 4.78 is 0. The topological polar surface area (TPSA) is 86.6 Å². The predicted octanol–water partition coefficient (Wildman–Crippen LogP) is 0.744. The van der Waals surface area contributed by atoms with Gasteiger partial charge in [0.25, 0.3) is 5.91 Å². The highest BCUT2D eigenvalue weighted by molar-refractivity contribution is 6.01. The van der Waals surface area contributed by atoms with E-state index in [2.05, 4.69) is 6.58 Å². The second-order valence-electron chi connectivity index (χ2n) is 3.27. The first-order chi connectivity index (χ1) is 6.34. The molecule has 5 nitrogen and oxygen atoms in total. The fourth-order valence-electron chi connectivity index (χ4n) is 1.06. The Hall–Kier alpha value is -1.36. The molecule has 0 aromatic rings. The minimum Gasteiger partial charge on any atom is -0.465 e. The van der Waals surface area contributed by atoms with Gasteiger partial charge in [-0.15, -0.1) is 0 Å². The fraction of sp³-hybridized carbons (Fsp3) is 0.556. The summed E-state index contributed by atoms with van der Waals surface area (Å²) in [5.74, 6) is -0.958. The zero-order valence-electron chi connectivity index (χ0n) is 8.28. The van der Waals surface area contributed by atoms with Crippen molar-refractivity contribution in [2.45, 2.75) is 26.4 Å². The standard InChI is InChI=1S/C9H15NO4/c1-5(4-6(2)11)7(3)8(12)10-9(13)14/h5-6,11H,3-4H2,1-2H3,(H,10,12)(H,13,14). The van der Waals surface area contributed by atoms with Crippen molar-refractivity contribution in [3.05, 3.63) is 12.2 Å². The van der Waals surface area contributed by atoms with Crippen LogP contribution in [0.15, 0.2) is 12.2 Å². The molecule has 80 valence electrons. The lowest BCUT2D eigenvalue weighted by atomic mass is 9.96. The molecule has 5 heteroatoms. The quantitative estimate of drug-likeness (QED) is 0.585. The number of aliphatic hydroxyl groups is 1. The van der Waals surface area contributed by atoms with Crippen LogP contribution in [-0.4, -0.2) is 28.3 Å². The summed E-state index contributed by atoms with van der Waals surface area (Å²) in [6, 6.07) is 0. The summed E-state index contributed by atoms with van der Waals surface area (Å²) in [5, 5.41) is 19.0. The number of amides is 2. The van der Waals surface area contributed by atoms with Crippen molar-refractivity contribution in [3.8, 4) is 0 Å². The van der Waals surface area contributed by atoms with E-state index < -0.39 is 18.1 Å². The number of hydrogen-bond donors (Lipinski definition) is 3. The van der Waals surface area contributed by atoms with Gasteiger partial charge in [-0.05, 0) is 19.3 Å². The van der Waals surface area contributed by atoms with E-state index in [4.69, 9.17) is 10.2 Å². The normalized spacial score (nSPS) is 14.2. The van der Waals surface area contributed by atoms with Crippen LogP contribution in [0.25, 0.3) is 0 Å². The summed E-state index contributed by atoms with van der Waals surface area (Å²) in [7, 11) is 0. The number of nitrogens with one attached hydrogen (secondary N) is 1. The van der Waals surface area contributed by atoms with E-state index in [1.54, 1.807) is 19.2 Å². The van der Waals surface area contributed by atoms with Crippen molar-refractivity contribution in [3.63, 3.8) is 0 Å². The maximum atomic E-state index is 11.1. The summed E-state index contributed by atoms with van der Waals surface area (Å²) in [5.41, 5.74) is 0.160. The first-order valence-corrected chi connectivity index (χ1v) is 4.25. The Kier molecular flexibility index (Phi) is 4.86. The highest BCUT2D eigenvalue weighted by Crippen LogP contribution is 2.14. The molecule has 2 unspecified atom stereocenters. The minimum absolute atomic E-state index is 0.160. The number of aliphatic hydroxyl groups excluding tert-OH is 1. The molecule has 0 saturated heterocycles. The molecule has 0 aliphatic rings. The largest absolute Gasteiger partial charge is 0.465 e. The Morgan fingerprint density at radius 1 is 1.43 bits per heavy atom. The maximum absolute atomic E-state index is 11.1. The average molecular weight is 201 g/mol. The molecule has 0 bridgehead atoms. The van der Waals surface area contributed by atoms with Crippen LogP contribution >= 0.6 is 0 Å². The summed E-state index contributed by atoms with van der Waals surface area (Å²) >= 11 is 0. The monoisotopic (exact) mass is 201 g/mol. The zero-order chi connectivity index (χ0) is 11.3. The van der Waals surface area contributed by atoms with Crippen molar-refractivity contribution in [1.82, 2.24) is 5.32 Å². The van der Waals surface area contributed by atoms with Gasteiger partial charge in [0.15, 0.2) is 0 Å². The lowest BCUT2D eigenvalue weighted by Crippen LogP contribution is -2.32. The highest BCUT2D eigenvalue weighted by Gasteiger charge is 2.17. The lowest BCUT2D eigenvalue weighted by molar-refractivity contribution is -0.117. The molecule has 0 radical (unpaired) electrons. The van der Waals surface area contributed by atoms with Gasteiger partial charge in [-0.3, -0.25) is 10.1 Å². The van der Waals surface area contributed by atoms with Gasteiger partial charge in [-0.1, -0.05) is 13.5 Å². The Labute approximate surface area is 82.4 Å². The Morgan fingerprint density at radius 3 is 2.29 bits per heavy atom. The number of rotatable bonds is 4. The second kappa shape index (κ2) is 5.39. The smallest absolute Gasteiger partial charge is 0.411 e. The summed E-state index contributed by atoms with van der Waals surface area (Å²) in [6.45, 7) is 6.78. The van der Waals surface area contributed by atoms with Gasteiger partial charge in [0, 0.05) is 5.57 Å². The number of carbonyl (C=O) groups excluding carboxylic acids is 1. The van der Waals surface area contributed by atoms with Crippen LogP contribution < -0.4 is 5.32 Å². The van der Waals surface area contributed by atoms with Crippen molar-refractivity contribution < 1.29 is 19.8 Å². The molecular formula is C9H15NO4. The second-order valence-corrected chi connectivity index (χ2v) is 3.27. The van der Waals surface area contributed by atoms with Crippen LogP contribution in [0.2, 0.25) is 0 Å².